The summed E-state index contributed by atoms with van der Waals surface area (Å²) in [5.74, 6) is 0. The fourth-order valence-electron chi connectivity index (χ4n) is 1.18. The molecule has 0 saturated heterocycles. The summed E-state index contributed by atoms with van der Waals surface area (Å²) in [4.78, 5) is 10.4. The topological polar surface area (TPSA) is 62.2 Å². The summed E-state index contributed by atoms with van der Waals surface area (Å²) in [6, 6.07) is 7.54. The van der Waals surface area contributed by atoms with Crippen LogP contribution in [0.4, 0.5) is 5.69 Å². The second-order valence-corrected chi connectivity index (χ2v) is 3.21. The van der Waals surface area contributed by atoms with E-state index >= 15 is 0 Å². The second kappa shape index (κ2) is 7.19. The maximum atomic E-state index is 8.69. The van der Waals surface area contributed by atoms with Crippen molar-refractivity contribution in [3.63, 3.8) is 0 Å². The van der Waals surface area contributed by atoms with Crippen LogP contribution in [-0.2, 0) is 9.68 Å². The van der Waals surface area contributed by atoms with E-state index in [2.05, 4.69) is 0 Å². The Bertz CT molecular complexity index is 298. The lowest BCUT2D eigenvalue weighted by Crippen LogP contribution is -2.27. The van der Waals surface area contributed by atoms with E-state index in [4.69, 9.17) is 19.9 Å². The van der Waals surface area contributed by atoms with Crippen LogP contribution < -0.4 is 5.23 Å². The highest BCUT2D eigenvalue weighted by molar-refractivity contribution is 5.44. The van der Waals surface area contributed by atoms with Gasteiger partial charge in [-0.05, 0) is 24.6 Å². The van der Waals surface area contributed by atoms with E-state index in [-0.39, 0.29) is 26.4 Å². The van der Waals surface area contributed by atoms with Gasteiger partial charge in [-0.15, -0.1) is 5.23 Å². The number of nitrogens with zero attached hydrogens (tertiary/aromatic N) is 1. The number of hydrogen-bond acceptors (Lipinski definition) is 5. The van der Waals surface area contributed by atoms with Gasteiger partial charge in [0.15, 0.2) is 0 Å². The molecule has 2 N–H and O–H groups in total. The van der Waals surface area contributed by atoms with Crippen molar-refractivity contribution < 1.29 is 19.9 Å². The van der Waals surface area contributed by atoms with Crippen LogP contribution in [-0.4, -0.2) is 36.6 Å². The molecule has 0 bridgehead atoms. The van der Waals surface area contributed by atoms with Gasteiger partial charge in [-0.3, -0.25) is 0 Å². The first kappa shape index (κ1) is 12.9. The minimum atomic E-state index is -0.0925. The molecule has 0 aliphatic heterocycles. The molecule has 0 radical (unpaired) electrons. The van der Waals surface area contributed by atoms with E-state index in [0.29, 0.717) is 0 Å². The number of hydrogen-bond donors (Lipinski definition) is 2. The Morgan fingerprint density at radius 1 is 1.12 bits per heavy atom. The summed E-state index contributed by atoms with van der Waals surface area (Å²) in [7, 11) is 0. The van der Waals surface area contributed by atoms with E-state index in [9.17, 15) is 0 Å². The normalized spacial score (nSPS) is 10.4. The molecule has 0 amide bonds. The predicted octanol–water partition coefficient (Wildman–Crippen LogP) is 0.649. The van der Waals surface area contributed by atoms with Crippen LogP contribution in [0.1, 0.15) is 5.56 Å². The van der Waals surface area contributed by atoms with Crippen molar-refractivity contribution in [1.29, 1.82) is 0 Å². The molecule has 1 aromatic rings. The van der Waals surface area contributed by atoms with Gasteiger partial charge in [0.2, 0.25) is 0 Å². The molecule has 5 nitrogen and oxygen atoms in total. The van der Waals surface area contributed by atoms with Gasteiger partial charge < -0.3 is 10.2 Å². The molecule has 1 rings (SSSR count). The summed E-state index contributed by atoms with van der Waals surface area (Å²) >= 11 is 0. The number of aliphatic hydroxyl groups is 2. The summed E-state index contributed by atoms with van der Waals surface area (Å²) < 4.78 is 0. The van der Waals surface area contributed by atoms with Crippen molar-refractivity contribution in [1.82, 2.24) is 0 Å². The smallest absolute Gasteiger partial charge is 0.101 e. The lowest BCUT2D eigenvalue weighted by atomic mass is 10.2. The van der Waals surface area contributed by atoms with Gasteiger partial charge >= 0.3 is 0 Å². The Kier molecular flexibility index (Phi) is 5.81. The highest BCUT2D eigenvalue weighted by Gasteiger charge is 2.07. The number of anilines is 1. The Hall–Kier alpha value is -1.14. The second-order valence-electron chi connectivity index (χ2n) is 3.21. The molecule has 0 spiro atoms. The molecule has 1 aromatic carbocycles. The maximum Gasteiger partial charge on any atom is 0.101 e. The van der Waals surface area contributed by atoms with Crippen LogP contribution in [0.15, 0.2) is 24.3 Å². The van der Waals surface area contributed by atoms with E-state index in [1.165, 1.54) is 5.23 Å². The zero-order chi connectivity index (χ0) is 11.8. The fourth-order valence-corrected chi connectivity index (χ4v) is 1.18. The summed E-state index contributed by atoms with van der Waals surface area (Å²) in [5, 5.41) is 18.6. The molecule has 90 valence electrons. The zero-order valence-corrected chi connectivity index (χ0v) is 9.30. The molecule has 0 aliphatic rings. The average molecular weight is 227 g/mol. The summed E-state index contributed by atoms with van der Waals surface area (Å²) in [5.41, 5.74) is 1.80. The van der Waals surface area contributed by atoms with Crippen LogP contribution in [0.3, 0.4) is 0 Å². The predicted molar refractivity (Wildman–Crippen MR) is 59.7 cm³/mol. The number of benzene rings is 1. The van der Waals surface area contributed by atoms with Gasteiger partial charge in [0.25, 0.3) is 0 Å². The maximum absolute atomic E-state index is 8.69. The third-order valence-corrected chi connectivity index (χ3v) is 1.81. The number of rotatable bonds is 7. The molecule has 16 heavy (non-hydrogen) atoms. The molecule has 0 unspecified atom stereocenters. The first-order valence-electron chi connectivity index (χ1n) is 5.12. The van der Waals surface area contributed by atoms with Crippen LogP contribution in [0.25, 0.3) is 0 Å². The first-order valence-corrected chi connectivity index (χ1v) is 5.12. The largest absolute Gasteiger partial charge is 0.394 e. The van der Waals surface area contributed by atoms with Gasteiger partial charge in [-0.25, -0.2) is 9.68 Å². The van der Waals surface area contributed by atoms with Crippen molar-refractivity contribution in [2.24, 2.45) is 0 Å². The van der Waals surface area contributed by atoms with E-state index in [1.807, 2.05) is 31.2 Å². The summed E-state index contributed by atoms with van der Waals surface area (Å²) in [6.07, 6.45) is 0. The van der Waals surface area contributed by atoms with Gasteiger partial charge in [0.05, 0.1) is 18.9 Å². The van der Waals surface area contributed by atoms with Gasteiger partial charge in [-0.2, -0.15) is 0 Å². The molecule has 0 atom stereocenters. The van der Waals surface area contributed by atoms with Crippen LogP contribution >= 0.6 is 0 Å². The Morgan fingerprint density at radius 2 is 1.75 bits per heavy atom. The molecule has 5 heteroatoms. The van der Waals surface area contributed by atoms with Crippen LogP contribution in [0.2, 0.25) is 0 Å². The highest BCUT2D eigenvalue weighted by atomic mass is 16.9. The van der Waals surface area contributed by atoms with Crippen LogP contribution in [0, 0.1) is 6.92 Å². The standard InChI is InChI=1S/C11H17NO4/c1-10-3-2-4-11(9-10)12(15-7-5-13)16-8-6-14/h2-4,9,13-14H,5-8H2,1H3. The van der Waals surface area contributed by atoms with E-state index in [1.54, 1.807) is 0 Å². The third kappa shape index (κ3) is 4.16. The lowest BCUT2D eigenvalue weighted by Gasteiger charge is -2.22. The van der Waals surface area contributed by atoms with Crippen molar-refractivity contribution in [2.45, 2.75) is 6.92 Å². The third-order valence-electron chi connectivity index (χ3n) is 1.81. The van der Waals surface area contributed by atoms with Crippen molar-refractivity contribution in [3.05, 3.63) is 29.8 Å². The number of aliphatic hydroxyl groups excluding tert-OH is 2. The fraction of sp³-hybridized carbons (Fsp3) is 0.455. The van der Waals surface area contributed by atoms with Crippen LogP contribution in [0.5, 0.6) is 0 Å². The molecule has 0 aliphatic carbocycles. The molecule has 0 fully saturated rings. The quantitative estimate of drug-likeness (QED) is 0.670. The number of aryl methyl sites for hydroxylation is 1. The van der Waals surface area contributed by atoms with Crippen molar-refractivity contribution in [3.8, 4) is 0 Å². The first-order chi connectivity index (χ1) is 7.77. The monoisotopic (exact) mass is 227 g/mol. The Morgan fingerprint density at radius 3 is 2.25 bits per heavy atom. The minimum Gasteiger partial charge on any atom is -0.394 e. The van der Waals surface area contributed by atoms with E-state index < -0.39 is 0 Å². The Labute approximate surface area is 94.7 Å². The molecule has 0 saturated carbocycles. The molecular formula is C11H17NO4. The molecule has 0 aromatic heterocycles. The summed E-state index contributed by atoms with van der Waals surface area (Å²) in [6.45, 7) is 2.05. The molecule has 0 heterocycles. The molecular weight excluding hydrogens is 210 g/mol. The zero-order valence-electron chi connectivity index (χ0n) is 9.30. The SMILES string of the molecule is Cc1cccc(N(OCCO)OCCO)c1. The van der Waals surface area contributed by atoms with E-state index in [0.717, 1.165) is 11.3 Å². The average Bonchev–Trinajstić information content (AvgIpc) is 2.29. The van der Waals surface area contributed by atoms with Gasteiger partial charge in [0.1, 0.15) is 13.2 Å². The Balaban J connectivity index is 2.66. The van der Waals surface area contributed by atoms with Crippen molar-refractivity contribution >= 4 is 5.69 Å². The van der Waals surface area contributed by atoms with Gasteiger partial charge in [0, 0.05) is 0 Å². The van der Waals surface area contributed by atoms with Crippen molar-refractivity contribution in [2.75, 3.05) is 31.7 Å². The lowest BCUT2D eigenvalue weighted by molar-refractivity contribution is -0.103. The highest BCUT2D eigenvalue weighted by Crippen LogP contribution is 2.16. The minimum absolute atomic E-state index is 0.0925. The van der Waals surface area contributed by atoms with Gasteiger partial charge in [-0.1, -0.05) is 12.1 Å².